The monoisotopic (exact) mass is 237 g/mol. The summed E-state index contributed by atoms with van der Waals surface area (Å²) in [5, 5.41) is 8.76. The third kappa shape index (κ3) is 1.82. The number of hydrogen-bond acceptors (Lipinski definition) is 2. The van der Waals surface area contributed by atoms with E-state index in [0.717, 1.165) is 17.8 Å². The molecule has 0 aromatic heterocycles. The van der Waals surface area contributed by atoms with E-state index in [0.29, 0.717) is 5.41 Å². The van der Waals surface area contributed by atoms with Crippen LogP contribution in [-0.4, -0.2) is 17.2 Å². The van der Waals surface area contributed by atoms with Gasteiger partial charge in [-0.15, -0.1) is 0 Å². The second kappa shape index (κ2) is 3.87. The Hall–Kier alpha value is -0.770. The summed E-state index contributed by atoms with van der Waals surface area (Å²) in [5.41, 5.74) is 7.91. The topological polar surface area (TPSA) is 70.6 Å². The Balaban J connectivity index is 1.82. The normalized spacial score (nSPS) is 46.0. The summed E-state index contributed by atoms with van der Waals surface area (Å²) in [6.07, 6.45) is 8.31. The molecule has 0 aliphatic heterocycles. The van der Waals surface area contributed by atoms with Crippen LogP contribution in [0.3, 0.4) is 0 Å². The number of rotatable bonds is 2. The molecule has 0 heterocycles. The second-order valence-electron chi connectivity index (χ2n) is 6.58. The molecule has 4 N–H and O–H groups in total. The van der Waals surface area contributed by atoms with Gasteiger partial charge in [0.25, 0.3) is 0 Å². The summed E-state index contributed by atoms with van der Waals surface area (Å²) in [6, 6.07) is 0.232. The van der Waals surface area contributed by atoms with Crippen LogP contribution in [0.1, 0.15) is 45.4 Å². The molecule has 4 bridgehead atoms. The predicted molar refractivity (Wildman–Crippen MR) is 66.6 cm³/mol. The van der Waals surface area contributed by atoms with Crippen molar-refractivity contribution in [2.45, 2.75) is 51.5 Å². The number of nitrogens with one attached hydrogen (secondary N) is 1. The summed E-state index contributed by atoms with van der Waals surface area (Å²) in [4.78, 5) is 4.42. The lowest BCUT2D eigenvalue weighted by Gasteiger charge is -2.58. The number of nitrogens with zero attached hydrogens (tertiary/aromatic N) is 1. The standard InChI is InChI=1S/C13H23N3O/c1-8(15-12(14)16-17)13-5-9-2-10(6-13)4-11(3-9)7-13/h8-11,17H,2-7H2,1H3,(H3,14,15,16). The van der Waals surface area contributed by atoms with E-state index in [9.17, 15) is 0 Å². The summed E-state index contributed by atoms with van der Waals surface area (Å²) in [6.45, 7) is 2.16. The van der Waals surface area contributed by atoms with Crippen LogP contribution in [-0.2, 0) is 0 Å². The van der Waals surface area contributed by atoms with Gasteiger partial charge in [-0.3, -0.25) is 5.21 Å². The SMILES string of the molecule is CC(N=C(N)NO)C12CC3CC(CC(C3)C1)C2. The first-order valence-electron chi connectivity index (χ1n) is 6.85. The minimum absolute atomic E-state index is 0.160. The van der Waals surface area contributed by atoms with Crippen molar-refractivity contribution in [3.05, 3.63) is 0 Å². The Morgan fingerprint density at radius 1 is 1.24 bits per heavy atom. The van der Waals surface area contributed by atoms with E-state index < -0.39 is 0 Å². The van der Waals surface area contributed by atoms with E-state index >= 15 is 0 Å². The Labute approximate surface area is 103 Å². The van der Waals surface area contributed by atoms with Gasteiger partial charge in [0.2, 0.25) is 5.96 Å². The van der Waals surface area contributed by atoms with Crippen LogP contribution >= 0.6 is 0 Å². The van der Waals surface area contributed by atoms with Gasteiger partial charge in [-0.05, 0) is 68.6 Å². The van der Waals surface area contributed by atoms with Crippen molar-refractivity contribution >= 4 is 5.96 Å². The maximum absolute atomic E-state index is 8.76. The van der Waals surface area contributed by atoms with Crippen LogP contribution in [0, 0.1) is 23.2 Å². The van der Waals surface area contributed by atoms with Crippen LogP contribution in [0.5, 0.6) is 0 Å². The Morgan fingerprint density at radius 2 is 1.71 bits per heavy atom. The Bertz CT molecular complexity index is 304. The zero-order chi connectivity index (χ0) is 12.0. The predicted octanol–water partition coefficient (Wildman–Crippen LogP) is 1.88. The third-order valence-electron chi connectivity index (χ3n) is 5.42. The van der Waals surface area contributed by atoms with Gasteiger partial charge in [0.15, 0.2) is 0 Å². The molecule has 1 unspecified atom stereocenters. The van der Waals surface area contributed by atoms with Gasteiger partial charge in [-0.1, -0.05) is 0 Å². The lowest BCUT2D eigenvalue weighted by Crippen LogP contribution is -2.51. The van der Waals surface area contributed by atoms with Gasteiger partial charge in [0.1, 0.15) is 0 Å². The van der Waals surface area contributed by atoms with E-state index in [1.807, 2.05) is 5.48 Å². The molecule has 0 aromatic carbocycles. The van der Waals surface area contributed by atoms with Crippen molar-refractivity contribution in [1.82, 2.24) is 5.48 Å². The Morgan fingerprint density at radius 3 is 2.12 bits per heavy atom. The number of hydrogen-bond donors (Lipinski definition) is 3. The summed E-state index contributed by atoms with van der Waals surface area (Å²) in [7, 11) is 0. The maximum Gasteiger partial charge on any atom is 0.213 e. The fourth-order valence-corrected chi connectivity index (χ4v) is 5.06. The molecule has 4 rings (SSSR count). The lowest BCUT2D eigenvalue weighted by atomic mass is 9.48. The number of guanidine groups is 1. The number of nitrogens with two attached hydrogens (primary N) is 1. The van der Waals surface area contributed by atoms with E-state index in [1.54, 1.807) is 0 Å². The quantitative estimate of drug-likeness (QED) is 0.390. The molecule has 0 amide bonds. The average Bonchev–Trinajstić information content (AvgIpc) is 2.26. The maximum atomic E-state index is 8.76. The van der Waals surface area contributed by atoms with Crippen molar-refractivity contribution < 1.29 is 5.21 Å². The van der Waals surface area contributed by atoms with Crippen molar-refractivity contribution in [3.63, 3.8) is 0 Å². The van der Waals surface area contributed by atoms with E-state index in [1.165, 1.54) is 38.5 Å². The van der Waals surface area contributed by atoms with Crippen LogP contribution in [0.15, 0.2) is 4.99 Å². The van der Waals surface area contributed by atoms with Crippen LogP contribution in [0.25, 0.3) is 0 Å². The van der Waals surface area contributed by atoms with Gasteiger partial charge in [-0.2, -0.15) is 0 Å². The second-order valence-corrected chi connectivity index (χ2v) is 6.58. The molecule has 96 valence electrons. The largest absolute Gasteiger partial charge is 0.368 e. The van der Waals surface area contributed by atoms with Crippen molar-refractivity contribution in [2.75, 3.05) is 0 Å². The van der Waals surface area contributed by atoms with Gasteiger partial charge in [0, 0.05) is 0 Å². The van der Waals surface area contributed by atoms with Gasteiger partial charge < -0.3 is 5.73 Å². The van der Waals surface area contributed by atoms with Crippen LogP contribution < -0.4 is 11.2 Å². The molecular weight excluding hydrogens is 214 g/mol. The zero-order valence-corrected chi connectivity index (χ0v) is 10.5. The van der Waals surface area contributed by atoms with Crippen molar-refractivity contribution in [1.29, 1.82) is 0 Å². The number of aliphatic imine (C=N–C) groups is 1. The van der Waals surface area contributed by atoms with Crippen molar-refractivity contribution in [2.24, 2.45) is 33.9 Å². The van der Waals surface area contributed by atoms with Gasteiger partial charge in [-0.25, -0.2) is 10.5 Å². The fourth-order valence-electron chi connectivity index (χ4n) is 5.06. The first-order valence-corrected chi connectivity index (χ1v) is 6.85. The average molecular weight is 237 g/mol. The highest BCUT2D eigenvalue weighted by Gasteiger charge is 2.53. The first-order chi connectivity index (χ1) is 8.11. The van der Waals surface area contributed by atoms with E-state index in [-0.39, 0.29) is 12.0 Å². The van der Waals surface area contributed by atoms with Crippen LogP contribution in [0.4, 0.5) is 0 Å². The molecule has 4 saturated carbocycles. The first kappa shape index (κ1) is 11.3. The fraction of sp³-hybridized carbons (Fsp3) is 0.923. The molecule has 4 aliphatic rings. The molecule has 17 heavy (non-hydrogen) atoms. The smallest absolute Gasteiger partial charge is 0.213 e. The number of hydroxylamine groups is 1. The van der Waals surface area contributed by atoms with Gasteiger partial charge in [0.05, 0.1) is 6.04 Å². The molecule has 1 atom stereocenters. The van der Waals surface area contributed by atoms with Gasteiger partial charge >= 0.3 is 0 Å². The lowest BCUT2D eigenvalue weighted by molar-refractivity contribution is -0.0634. The molecule has 0 saturated heterocycles. The zero-order valence-electron chi connectivity index (χ0n) is 10.5. The van der Waals surface area contributed by atoms with Crippen LogP contribution in [0.2, 0.25) is 0 Å². The minimum Gasteiger partial charge on any atom is -0.368 e. The molecular formula is C13H23N3O. The molecule has 0 aromatic rings. The highest BCUT2D eigenvalue weighted by Crippen LogP contribution is 2.61. The molecule has 0 spiro atoms. The molecule has 4 heteroatoms. The molecule has 4 nitrogen and oxygen atoms in total. The third-order valence-corrected chi connectivity index (χ3v) is 5.42. The van der Waals surface area contributed by atoms with E-state index in [4.69, 9.17) is 10.9 Å². The summed E-state index contributed by atoms with van der Waals surface area (Å²) in [5.74, 6) is 2.96. The Kier molecular flexibility index (Phi) is 2.58. The summed E-state index contributed by atoms with van der Waals surface area (Å²) < 4.78 is 0. The highest BCUT2D eigenvalue weighted by atomic mass is 16.5. The van der Waals surface area contributed by atoms with Crippen molar-refractivity contribution in [3.8, 4) is 0 Å². The minimum atomic E-state index is 0.160. The summed E-state index contributed by atoms with van der Waals surface area (Å²) >= 11 is 0. The molecule has 0 radical (unpaired) electrons. The molecule has 4 aliphatic carbocycles. The van der Waals surface area contributed by atoms with E-state index in [2.05, 4.69) is 11.9 Å². The molecule has 4 fully saturated rings. The highest BCUT2D eigenvalue weighted by molar-refractivity contribution is 5.76.